The molecule has 0 atom stereocenters. The van der Waals surface area contributed by atoms with E-state index in [1.165, 1.54) is 0 Å². The first-order valence-corrected chi connectivity index (χ1v) is 10.3. The first-order chi connectivity index (χ1) is 14.1. The average Bonchev–Trinajstić information content (AvgIpc) is 3.09. The molecular formula is C24H30N4O. The molecule has 2 N–H and O–H groups in total. The van der Waals surface area contributed by atoms with Gasteiger partial charge in [0.25, 0.3) is 0 Å². The van der Waals surface area contributed by atoms with Gasteiger partial charge in [-0.05, 0) is 38.0 Å². The molecule has 0 fully saturated rings. The maximum absolute atomic E-state index is 11.7. The van der Waals surface area contributed by atoms with Crippen molar-refractivity contribution in [2.75, 3.05) is 19.6 Å². The molecule has 1 heterocycles. The Labute approximate surface area is 173 Å². The summed E-state index contributed by atoms with van der Waals surface area (Å²) in [5.74, 6) is -0.390. The molecule has 29 heavy (non-hydrogen) atoms. The number of aromatic nitrogens is 2. The van der Waals surface area contributed by atoms with Crippen molar-refractivity contribution in [1.29, 1.82) is 0 Å². The molecule has 0 aliphatic rings. The fraction of sp³-hybridized carbons (Fsp3) is 0.333. The van der Waals surface area contributed by atoms with Crippen molar-refractivity contribution in [2.45, 2.75) is 33.2 Å². The van der Waals surface area contributed by atoms with Crippen LogP contribution >= 0.6 is 0 Å². The van der Waals surface area contributed by atoms with Crippen LogP contribution in [0.4, 0.5) is 0 Å². The zero-order valence-electron chi connectivity index (χ0n) is 17.3. The Kier molecular flexibility index (Phi) is 7.19. The number of primary amides is 1. The van der Waals surface area contributed by atoms with Crippen molar-refractivity contribution in [2.24, 2.45) is 5.73 Å². The molecule has 3 aromatic rings. The van der Waals surface area contributed by atoms with Gasteiger partial charge in [-0.3, -0.25) is 9.48 Å². The van der Waals surface area contributed by atoms with Crippen molar-refractivity contribution < 1.29 is 4.79 Å². The molecule has 5 heteroatoms. The van der Waals surface area contributed by atoms with Crippen LogP contribution in [0, 0.1) is 0 Å². The van der Waals surface area contributed by atoms with E-state index in [4.69, 9.17) is 10.8 Å². The maximum Gasteiger partial charge on any atom is 0.239 e. The summed E-state index contributed by atoms with van der Waals surface area (Å²) in [5.41, 5.74) is 10.8. The van der Waals surface area contributed by atoms with E-state index in [0.717, 1.165) is 60.6 Å². The minimum Gasteiger partial charge on any atom is -0.368 e. The molecule has 1 aromatic heterocycles. The third-order valence-corrected chi connectivity index (χ3v) is 5.22. The lowest BCUT2D eigenvalue weighted by molar-refractivity contribution is -0.118. The average molecular weight is 391 g/mol. The lowest BCUT2D eigenvalue weighted by Gasteiger charge is -2.17. The van der Waals surface area contributed by atoms with Gasteiger partial charge in [0.15, 0.2) is 0 Å². The minimum atomic E-state index is -0.390. The highest BCUT2D eigenvalue weighted by Gasteiger charge is 2.21. The highest BCUT2D eigenvalue weighted by atomic mass is 16.1. The van der Waals surface area contributed by atoms with E-state index < -0.39 is 0 Å². The van der Waals surface area contributed by atoms with E-state index in [2.05, 4.69) is 43.0 Å². The lowest BCUT2D eigenvalue weighted by atomic mass is 9.97. The number of nitrogens with two attached hydrogens (primary N) is 1. The normalized spacial score (nSPS) is 11.1. The SMILES string of the molecule is CCN(CC)CCCc1nn(CC(N)=O)c(-c2ccccc2)c1-c1ccccc1. The molecule has 0 saturated heterocycles. The number of benzene rings is 2. The van der Waals surface area contributed by atoms with Crippen LogP contribution in [-0.2, 0) is 17.8 Å². The molecule has 0 radical (unpaired) electrons. The van der Waals surface area contributed by atoms with Gasteiger partial charge in [0, 0.05) is 11.1 Å². The highest BCUT2D eigenvalue weighted by Crippen LogP contribution is 2.35. The molecule has 0 aliphatic carbocycles. The largest absolute Gasteiger partial charge is 0.368 e. The maximum atomic E-state index is 11.7. The molecule has 2 aromatic carbocycles. The third kappa shape index (κ3) is 5.12. The van der Waals surface area contributed by atoms with Gasteiger partial charge >= 0.3 is 0 Å². The lowest BCUT2D eigenvalue weighted by Crippen LogP contribution is -2.24. The molecule has 3 rings (SSSR count). The van der Waals surface area contributed by atoms with Crippen LogP contribution < -0.4 is 5.73 Å². The fourth-order valence-corrected chi connectivity index (χ4v) is 3.76. The standard InChI is InChI=1S/C24H30N4O/c1-3-27(4-2)17-11-16-21-23(19-12-7-5-8-13-19)24(20-14-9-6-10-15-20)28(26-21)18-22(25)29/h5-10,12-15H,3-4,11,16-18H2,1-2H3,(H2,25,29). The Balaban J connectivity index is 2.07. The number of hydrogen-bond acceptors (Lipinski definition) is 3. The summed E-state index contributed by atoms with van der Waals surface area (Å²) >= 11 is 0. The van der Waals surface area contributed by atoms with Gasteiger partial charge in [-0.2, -0.15) is 5.10 Å². The van der Waals surface area contributed by atoms with Crippen LogP contribution in [0.5, 0.6) is 0 Å². The first kappa shape index (κ1) is 20.8. The summed E-state index contributed by atoms with van der Waals surface area (Å²) in [4.78, 5) is 14.2. The second-order valence-corrected chi connectivity index (χ2v) is 7.16. The summed E-state index contributed by atoms with van der Waals surface area (Å²) in [6.45, 7) is 7.58. The van der Waals surface area contributed by atoms with Crippen LogP contribution in [0.15, 0.2) is 60.7 Å². The summed E-state index contributed by atoms with van der Waals surface area (Å²) in [5, 5.41) is 4.85. The van der Waals surface area contributed by atoms with E-state index in [1.54, 1.807) is 4.68 Å². The molecule has 0 unspecified atom stereocenters. The second-order valence-electron chi connectivity index (χ2n) is 7.16. The van der Waals surface area contributed by atoms with Crippen molar-refractivity contribution in [3.8, 4) is 22.4 Å². The number of carbonyl (C=O) groups excluding carboxylic acids is 1. The first-order valence-electron chi connectivity index (χ1n) is 10.3. The molecule has 1 amide bonds. The molecule has 0 bridgehead atoms. The van der Waals surface area contributed by atoms with Gasteiger partial charge in [0.2, 0.25) is 5.91 Å². The minimum absolute atomic E-state index is 0.0695. The van der Waals surface area contributed by atoms with Crippen molar-refractivity contribution in [1.82, 2.24) is 14.7 Å². The number of aryl methyl sites for hydroxylation is 1. The van der Waals surface area contributed by atoms with E-state index in [-0.39, 0.29) is 12.5 Å². The Hall–Kier alpha value is -2.92. The van der Waals surface area contributed by atoms with Crippen LogP contribution in [0.25, 0.3) is 22.4 Å². The van der Waals surface area contributed by atoms with E-state index >= 15 is 0 Å². The molecule has 152 valence electrons. The monoisotopic (exact) mass is 390 g/mol. The van der Waals surface area contributed by atoms with Gasteiger partial charge in [-0.25, -0.2) is 0 Å². The van der Waals surface area contributed by atoms with E-state index in [0.29, 0.717) is 0 Å². The quantitative estimate of drug-likeness (QED) is 0.569. The van der Waals surface area contributed by atoms with Crippen LogP contribution in [0.2, 0.25) is 0 Å². The smallest absolute Gasteiger partial charge is 0.239 e. The predicted molar refractivity (Wildman–Crippen MR) is 118 cm³/mol. The van der Waals surface area contributed by atoms with Crippen molar-refractivity contribution in [3.63, 3.8) is 0 Å². The zero-order valence-corrected chi connectivity index (χ0v) is 17.3. The van der Waals surface area contributed by atoms with E-state index in [9.17, 15) is 4.79 Å². The van der Waals surface area contributed by atoms with Gasteiger partial charge in [-0.1, -0.05) is 74.5 Å². The van der Waals surface area contributed by atoms with Crippen molar-refractivity contribution >= 4 is 5.91 Å². The number of nitrogens with zero attached hydrogens (tertiary/aromatic N) is 3. The Bertz CT molecular complexity index is 915. The number of carbonyl (C=O) groups is 1. The molecule has 0 saturated carbocycles. The van der Waals surface area contributed by atoms with Crippen LogP contribution in [0.1, 0.15) is 26.0 Å². The number of hydrogen-bond donors (Lipinski definition) is 1. The predicted octanol–water partition coefficient (Wildman–Crippen LogP) is 3.98. The highest BCUT2D eigenvalue weighted by molar-refractivity contribution is 5.84. The summed E-state index contributed by atoms with van der Waals surface area (Å²) in [7, 11) is 0. The van der Waals surface area contributed by atoms with Crippen LogP contribution in [-0.4, -0.2) is 40.2 Å². The van der Waals surface area contributed by atoms with Gasteiger partial charge in [0.1, 0.15) is 6.54 Å². The van der Waals surface area contributed by atoms with Crippen molar-refractivity contribution in [3.05, 3.63) is 66.4 Å². The fourth-order valence-electron chi connectivity index (χ4n) is 3.76. The Morgan fingerprint density at radius 3 is 2.10 bits per heavy atom. The van der Waals surface area contributed by atoms with Gasteiger partial charge < -0.3 is 10.6 Å². The second kappa shape index (κ2) is 10.0. The summed E-state index contributed by atoms with van der Waals surface area (Å²) in [6, 6.07) is 20.4. The summed E-state index contributed by atoms with van der Waals surface area (Å²) < 4.78 is 1.77. The molecule has 5 nitrogen and oxygen atoms in total. The van der Waals surface area contributed by atoms with Gasteiger partial charge in [-0.15, -0.1) is 0 Å². The third-order valence-electron chi connectivity index (χ3n) is 5.22. The topological polar surface area (TPSA) is 64.2 Å². The summed E-state index contributed by atoms with van der Waals surface area (Å²) in [6.07, 6.45) is 1.87. The Morgan fingerprint density at radius 1 is 0.966 bits per heavy atom. The number of amides is 1. The molecule has 0 aliphatic heterocycles. The number of rotatable bonds is 10. The Morgan fingerprint density at radius 2 is 1.55 bits per heavy atom. The van der Waals surface area contributed by atoms with Gasteiger partial charge in [0.05, 0.1) is 11.4 Å². The molecular weight excluding hydrogens is 360 g/mol. The van der Waals surface area contributed by atoms with E-state index in [1.807, 2.05) is 36.4 Å². The zero-order chi connectivity index (χ0) is 20.6. The molecule has 0 spiro atoms. The van der Waals surface area contributed by atoms with Crippen LogP contribution in [0.3, 0.4) is 0 Å².